The van der Waals surface area contributed by atoms with Crippen molar-refractivity contribution in [2.45, 2.75) is 50.7 Å². The highest BCUT2D eigenvalue weighted by Crippen LogP contribution is 2.40. The van der Waals surface area contributed by atoms with E-state index in [2.05, 4.69) is 42.7 Å². The van der Waals surface area contributed by atoms with Gasteiger partial charge in [-0.05, 0) is 57.4 Å². The largest absolute Gasteiger partial charge is 0.367 e. The Hall–Kier alpha value is -2.15. The molecular formula is C23H27NO4S. The van der Waals surface area contributed by atoms with Gasteiger partial charge in [-0.15, -0.1) is 0 Å². The molecule has 0 fully saturated rings. The monoisotopic (exact) mass is 413 g/mol. The Balaban J connectivity index is 1.48. The Bertz CT molecular complexity index is 1130. The maximum absolute atomic E-state index is 12.4. The summed E-state index contributed by atoms with van der Waals surface area (Å²) in [6, 6.07) is 15.1. The predicted octanol–water partition coefficient (Wildman–Crippen LogP) is 4.69. The second-order valence-corrected chi connectivity index (χ2v) is 9.53. The van der Waals surface area contributed by atoms with Crippen LogP contribution in [0.3, 0.4) is 0 Å². The molecule has 0 radical (unpaired) electrons. The summed E-state index contributed by atoms with van der Waals surface area (Å²) in [5.41, 5.74) is 4.20. The fraction of sp³-hybridized carbons (Fsp3) is 0.391. The first-order valence-electron chi connectivity index (χ1n) is 10.0. The molecule has 6 heteroatoms. The molecule has 0 bridgehead atoms. The number of nitrogens with zero attached hydrogens (tertiary/aromatic N) is 1. The van der Waals surface area contributed by atoms with E-state index in [1.807, 2.05) is 6.92 Å². The molecule has 4 rings (SSSR count). The fourth-order valence-electron chi connectivity index (χ4n) is 4.36. The highest BCUT2D eigenvalue weighted by Gasteiger charge is 2.36. The number of rotatable bonds is 6. The van der Waals surface area contributed by atoms with Crippen molar-refractivity contribution in [1.82, 2.24) is 4.57 Å². The standard InChI is InChI=1S/C23H27NO4S/c1-17-9-11-19(12-10-17)29(25,26)28-15-6-13-23(3)22-18(2)20-7-4-5-8-21(20)24(22)14-16-27-23/h4-5,7-12H,6,13-16H2,1-3H3. The molecule has 0 spiro atoms. The van der Waals surface area contributed by atoms with E-state index in [1.54, 1.807) is 24.3 Å². The van der Waals surface area contributed by atoms with Crippen LogP contribution < -0.4 is 0 Å². The Morgan fingerprint density at radius 1 is 1.10 bits per heavy atom. The van der Waals surface area contributed by atoms with Crippen LogP contribution in [0.15, 0.2) is 53.4 Å². The summed E-state index contributed by atoms with van der Waals surface area (Å²) in [5, 5.41) is 1.25. The maximum atomic E-state index is 12.4. The Morgan fingerprint density at radius 3 is 2.59 bits per heavy atom. The van der Waals surface area contributed by atoms with Crippen LogP contribution >= 0.6 is 0 Å². The first kappa shape index (κ1) is 20.1. The van der Waals surface area contributed by atoms with Crippen molar-refractivity contribution < 1.29 is 17.3 Å². The number of hydrogen-bond acceptors (Lipinski definition) is 4. The molecule has 1 unspecified atom stereocenters. The van der Waals surface area contributed by atoms with E-state index in [9.17, 15) is 8.42 Å². The molecule has 29 heavy (non-hydrogen) atoms. The van der Waals surface area contributed by atoms with E-state index in [1.165, 1.54) is 22.2 Å². The van der Waals surface area contributed by atoms with Gasteiger partial charge < -0.3 is 9.30 Å². The zero-order valence-electron chi connectivity index (χ0n) is 17.1. The van der Waals surface area contributed by atoms with Gasteiger partial charge in [0.15, 0.2) is 0 Å². The molecule has 1 aromatic heterocycles. The van der Waals surface area contributed by atoms with Crippen molar-refractivity contribution in [2.75, 3.05) is 13.2 Å². The van der Waals surface area contributed by atoms with Crippen LogP contribution in [0.1, 0.15) is 36.6 Å². The van der Waals surface area contributed by atoms with E-state index >= 15 is 0 Å². The van der Waals surface area contributed by atoms with Gasteiger partial charge in [0.05, 0.1) is 23.8 Å². The van der Waals surface area contributed by atoms with Gasteiger partial charge in [-0.2, -0.15) is 8.42 Å². The van der Waals surface area contributed by atoms with E-state index in [4.69, 9.17) is 8.92 Å². The highest BCUT2D eigenvalue weighted by atomic mass is 32.2. The van der Waals surface area contributed by atoms with E-state index in [-0.39, 0.29) is 11.5 Å². The van der Waals surface area contributed by atoms with E-state index in [0.29, 0.717) is 19.4 Å². The second kappa shape index (κ2) is 7.59. The summed E-state index contributed by atoms with van der Waals surface area (Å²) < 4.78 is 38.6. The number of hydrogen-bond donors (Lipinski definition) is 0. The lowest BCUT2D eigenvalue weighted by Crippen LogP contribution is -2.36. The summed E-state index contributed by atoms with van der Waals surface area (Å²) in [7, 11) is -3.74. The van der Waals surface area contributed by atoms with Gasteiger partial charge in [-0.3, -0.25) is 4.18 Å². The molecule has 0 amide bonds. The number of fused-ring (bicyclic) bond motifs is 3. The minimum Gasteiger partial charge on any atom is -0.367 e. The van der Waals surface area contributed by atoms with Crippen molar-refractivity contribution >= 4 is 21.0 Å². The Labute approximate surface area is 172 Å². The zero-order valence-corrected chi connectivity index (χ0v) is 18.0. The van der Waals surface area contributed by atoms with Gasteiger partial charge in [-0.1, -0.05) is 35.9 Å². The molecule has 1 atom stereocenters. The molecule has 0 N–H and O–H groups in total. The highest BCUT2D eigenvalue weighted by molar-refractivity contribution is 7.86. The first-order chi connectivity index (χ1) is 13.8. The lowest BCUT2D eigenvalue weighted by Gasteiger charge is -2.36. The molecule has 154 valence electrons. The topological polar surface area (TPSA) is 57.5 Å². The van der Waals surface area contributed by atoms with E-state index in [0.717, 1.165) is 12.1 Å². The zero-order chi connectivity index (χ0) is 20.6. The van der Waals surface area contributed by atoms with Gasteiger partial charge in [0, 0.05) is 17.4 Å². The molecular weight excluding hydrogens is 386 g/mol. The van der Waals surface area contributed by atoms with Crippen LogP contribution in [0.2, 0.25) is 0 Å². The van der Waals surface area contributed by atoms with Crippen LogP contribution in [-0.2, 0) is 31.2 Å². The number of benzene rings is 2. The summed E-state index contributed by atoms with van der Waals surface area (Å²) >= 11 is 0. The SMILES string of the molecule is Cc1ccc(S(=O)(=O)OCCCC2(C)OCCn3c2c(C)c2ccccc23)cc1. The van der Waals surface area contributed by atoms with Gasteiger partial charge in [0.25, 0.3) is 10.1 Å². The third-order valence-electron chi connectivity index (χ3n) is 5.81. The van der Waals surface area contributed by atoms with Crippen LogP contribution in [0.5, 0.6) is 0 Å². The minimum atomic E-state index is -3.74. The molecule has 1 aliphatic heterocycles. The van der Waals surface area contributed by atoms with Gasteiger partial charge in [-0.25, -0.2) is 0 Å². The van der Waals surface area contributed by atoms with Crippen LogP contribution in [0.4, 0.5) is 0 Å². The quantitative estimate of drug-likeness (QED) is 0.435. The second-order valence-electron chi connectivity index (χ2n) is 7.91. The van der Waals surface area contributed by atoms with Crippen LogP contribution in [0.25, 0.3) is 10.9 Å². The predicted molar refractivity (Wildman–Crippen MR) is 114 cm³/mol. The molecule has 2 aromatic carbocycles. The molecule has 5 nitrogen and oxygen atoms in total. The third-order valence-corrected chi connectivity index (χ3v) is 7.13. The van der Waals surface area contributed by atoms with Crippen molar-refractivity contribution in [1.29, 1.82) is 0 Å². The van der Waals surface area contributed by atoms with Gasteiger partial charge >= 0.3 is 0 Å². The molecule has 1 aliphatic rings. The number of aromatic nitrogens is 1. The normalized spacial score (nSPS) is 19.4. The third kappa shape index (κ3) is 3.72. The Morgan fingerprint density at radius 2 is 1.83 bits per heavy atom. The average Bonchev–Trinajstić information content (AvgIpc) is 3.00. The fourth-order valence-corrected chi connectivity index (χ4v) is 5.31. The number of ether oxygens (including phenoxy) is 1. The van der Waals surface area contributed by atoms with Crippen LogP contribution in [0, 0.1) is 13.8 Å². The molecule has 0 aliphatic carbocycles. The summed E-state index contributed by atoms with van der Waals surface area (Å²) in [4.78, 5) is 0.194. The lowest BCUT2D eigenvalue weighted by atomic mass is 9.91. The maximum Gasteiger partial charge on any atom is 0.296 e. The molecule has 3 aromatic rings. The molecule has 2 heterocycles. The van der Waals surface area contributed by atoms with Crippen molar-refractivity contribution in [3.8, 4) is 0 Å². The summed E-state index contributed by atoms with van der Waals surface area (Å²) in [6.45, 7) is 7.76. The smallest absolute Gasteiger partial charge is 0.296 e. The lowest BCUT2D eigenvalue weighted by molar-refractivity contribution is -0.0718. The van der Waals surface area contributed by atoms with Crippen molar-refractivity contribution in [3.63, 3.8) is 0 Å². The van der Waals surface area contributed by atoms with E-state index < -0.39 is 15.7 Å². The number of aryl methyl sites for hydroxylation is 2. The van der Waals surface area contributed by atoms with Crippen LogP contribution in [-0.4, -0.2) is 26.2 Å². The first-order valence-corrected chi connectivity index (χ1v) is 11.4. The van der Waals surface area contributed by atoms with Crippen molar-refractivity contribution in [3.05, 3.63) is 65.4 Å². The summed E-state index contributed by atoms with van der Waals surface area (Å²) in [6.07, 6.45) is 1.27. The van der Waals surface area contributed by atoms with Crippen molar-refractivity contribution in [2.24, 2.45) is 0 Å². The van der Waals surface area contributed by atoms with Gasteiger partial charge in [0.1, 0.15) is 5.60 Å². The molecule has 0 saturated carbocycles. The number of para-hydroxylation sites is 1. The Kier molecular flexibility index (Phi) is 5.27. The minimum absolute atomic E-state index is 0.133. The van der Waals surface area contributed by atoms with Gasteiger partial charge in [0.2, 0.25) is 0 Å². The summed E-state index contributed by atoms with van der Waals surface area (Å²) in [5.74, 6) is 0. The average molecular weight is 414 g/mol. The molecule has 0 saturated heterocycles.